The van der Waals surface area contributed by atoms with Crippen LogP contribution in [0.25, 0.3) is 11.4 Å². The van der Waals surface area contributed by atoms with Gasteiger partial charge in [0.25, 0.3) is 0 Å². The smallest absolute Gasteiger partial charge is 0.341 e. The first-order valence-corrected chi connectivity index (χ1v) is 11.7. The van der Waals surface area contributed by atoms with E-state index in [0.717, 1.165) is 29.5 Å². The Hall–Kier alpha value is -3.19. The van der Waals surface area contributed by atoms with Gasteiger partial charge in [-0.15, -0.1) is 10.2 Å². The van der Waals surface area contributed by atoms with E-state index >= 15 is 0 Å². The summed E-state index contributed by atoms with van der Waals surface area (Å²) in [6.07, 6.45) is 0. The highest BCUT2D eigenvalue weighted by Crippen LogP contribution is 2.24. The van der Waals surface area contributed by atoms with Crippen molar-refractivity contribution in [2.75, 3.05) is 23.5 Å². The van der Waals surface area contributed by atoms with Crippen molar-refractivity contribution in [2.45, 2.75) is 22.7 Å². The molecule has 3 aromatic rings. The van der Waals surface area contributed by atoms with Gasteiger partial charge in [0.2, 0.25) is 20.9 Å². The predicted octanol–water partition coefficient (Wildman–Crippen LogP) is 2.78. The largest absolute Gasteiger partial charge is 0.494 e. The molecule has 2 aromatic carbocycles. The Labute approximate surface area is 186 Å². The fourth-order valence-electron chi connectivity index (χ4n) is 2.60. The van der Waals surface area contributed by atoms with Gasteiger partial charge >= 0.3 is 5.76 Å². The molecule has 3 rings (SSSR count). The number of hydrogen-bond acceptors (Lipinski definition) is 8. The van der Waals surface area contributed by atoms with Crippen molar-refractivity contribution in [1.82, 2.24) is 14.9 Å². The van der Waals surface area contributed by atoms with Crippen molar-refractivity contribution >= 4 is 33.2 Å². The number of anilines is 1. The van der Waals surface area contributed by atoms with Crippen LogP contribution < -0.4 is 15.9 Å². The molecule has 0 fully saturated rings. The number of carbonyl (C=O) groups excluding carboxylic acids is 1. The molecule has 32 heavy (non-hydrogen) atoms. The summed E-state index contributed by atoms with van der Waals surface area (Å²) in [4.78, 5) is 11.7. The molecule has 170 valence electrons. The Morgan fingerprint density at radius 2 is 1.81 bits per heavy atom. The molecule has 0 saturated heterocycles. The average molecular weight is 484 g/mol. The van der Waals surface area contributed by atoms with Crippen molar-refractivity contribution in [3.05, 3.63) is 48.5 Å². The second-order valence-electron chi connectivity index (χ2n) is 6.30. The first kappa shape index (κ1) is 23.5. The Bertz CT molecular complexity index is 1180. The second kappa shape index (κ2) is 9.96. The SMILES string of the molecule is CCOc1ccc(-c2nnc(SCC(=O)Nc3ccc(S(=O)(=O)C(F)F)cc3)n2N)cc1. The summed E-state index contributed by atoms with van der Waals surface area (Å²) in [6.45, 7) is 2.44. The molecule has 1 heterocycles. The Morgan fingerprint density at radius 3 is 2.41 bits per heavy atom. The van der Waals surface area contributed by atoms with E-state index < -0.39 is 26.4 Å². The van der Waals surface area contributed by atoms with Gasteiger partial charge in [-0.25, -0.2) is 13.1 Å². The number of alkyl halides is 2. The molecule has 0 aliphatic carbocycles. The number of ether oxygens (including phenoxy) is 1. The lowest BCUT2D eigenvalue weighted by molar-refractivity contribution is -0.113. The number of rotatable bonds is 9. The molecule has 0 bridgehead atoms. The molecule has 0 unspecified atom stereocenters. The highest BCUT2D eigenvalue weighted by molar-refractivity contribution is 7.99. The van der Waals surface area contributed by atoms with Gasteiger partial charge in [-0.2, -0.15) is 8.78 Å². The van der Waals surface area contributed by atoms with Gasteiger partial charge in [0.1, 0.15) is 5.75 Å². The van der Waals surface area contributed by atoms with Crippen molar-refractivity contribution < 1.29 is 26.7 Å². The van der Waals surface area contributed by atoms with E-state index in [9.17, 15) is 22.0 Å². The van der Waals surface area contributed by atoms with E-state index in [4.69, 9.17) is 10.6 Å². The van der Waals surface area contributed by atoms with Crippen LogP contribution in [0.5, 0.6) is 5.75 Å². The molecule has 0 spiro atoms. The number of nitrogen functional groups attached to an aromatic ring is 1. The quantitative estimate of drug-likeness (QED) is 0.351. The fraction of sp³-hybridized carbons (Fsp3) is 0.211. The summed E-state index contributed by atoms with van der Waals surface area (Å²) in [5.74, 6) is 3.17. The van der Waals surface area contributed by atoms with E-state index in [1.54, 1.807) is 24.3 Å². The molecule has 1 aromatic heterocycles. The lowest BCUT2D eigenvalue weighted by Gasteiger charge is -2.07. The molecular formula is C19H19F2N5O4S2. The van der Waals surface area contributed by atoms with Gasteiger partial charge in [0, 0.05) is 11.3 Å². The lowest BCUT2D eigenvalue weighted by atomic mass is 10.2. The highest BCUT2D eigenvalue weighted by Gasteiger charge is 2.26. The maximum atomic E-state index is 12.6. The van der Waals surface area contributed by atoms with Crippen molar-refractivity contribution in [3.63, 3.8) is 0 Å². The van der Waals surface area contributed by atoms with E-state index in [1.165, 1.54) is 16.8 Å². The van der Waals surface area contributed by atoms with Gasteiger partial charge < -0.3 is 15.9 Å². The van der Waals surface area contributed by atoms with Gasteiger partial charge in [-0.05, 0) is 55.5 Å². The van der Waals surface area contributed by atoms with Gasteiger partial charge in [0.15, 0.2) is 5.82 Å². The maximum absolute atomic E-state index is 12.6. The lowest BCUT2D eigenvalue weighted by Crippen LogP contribution is -2.16. The fourth-order valence-corrected chi connectivity index (χ4v) is 3.97. The predicted molar refractivity (Wildman–Crippen MR) is 116 cm³/mol. The Kier molecular flexibility index (Phi) is 7.30. The maximum Gasteiger partial charge on any atom is 0.341 e. The van der Waals surface area contributed by atoms with E-state index in [-0.39, 0.29) is 11.4 Å². The van der Waals surface area contributed by atoms with Crippen LogP contribution >= 0.6 is 11.8 Å². The van der Waals surface area contributed by atoms with Crippen molar-refractivity contribution in [3.8, 4) is 17.1 Å². The van der Waals surface area contributed by atoms with Crippen LogP contribution in [0.3, 0.4) is 0 Å². The summed E-state index contributed by atoms with van der Waals surface area (Å²) in [6, 6.07) is 11.6. The minimum Gasteiger partial charge on any atom is -0.494 e. The van der Waals surface area contributed by atoms with E-state index in [2.05, 4.69) is 15.5 Å². The van der Waals surface area contributed by atoms with Crippen molar-refractivity contribution in [2.24, 2.45) is 0 Å². The third kappa shape index (κ3) is 5.34. The molecule has 13 heteroatoms. The van der Waals surface area contributed by atoms with Crippen LogP contribution in [-0.4, -0.2) is 47.3 Å². The first-order valence-electron chi connectivity index (χ1n) is 9.21. The second-order valence-corrected chi connectivity index (χ2v) is 9.16. The Balaban J connectivity index is 1.60. The van der Waals surface area contributed by atoms with E-state index in [0.29, 0.717) is 23.3 Å². The Morgan fingerprint density at radius 1 is 1.16 bits per heavy atom. The molecule has 0 aliphatic heterocycles. The number of hydrogen-bond donors (Lipinski definition) is 2. The highest BCUT2D eigenvalue weighted by atomic mass is 32.2. The number of amides is 1. The monoisotopic (exact) mass is 483 g/mol. The molecular weight excluding hydrogens is 464 g/mol. The third-order valence-electron chi connectivity index (χ3n) is 4.12. The number of nitrogens with one attached hydrogen (secondary N) is 1. The van der Waals surface area contributed by atoms with Crippen LogP contribution in [0.4, 0.5) is 14.5 Å². The number of thioether (sulfide) groups is 1. The minimum atomic E-state index is -4.69. The number of benzene rings is 2. The molecule has 9 nitrogen and oxygen atoms in total. The third-order valence-corrected chi connectivity index (χ3v) is 6.46. The topological polar surface area (TPSA) is 129 Å². The zero-order chi connectivity index (χ0) is 23.3. The standard InChI is InChI=1S/C19H19F2N5O4S2/c1-2-30-14-7-3-12(4-8-14)17-24-25-19(26(17)22)31-11-16(27)23-13-5-9-15(10-6-13)32(28,29)18(20)21/h3-10,18H,2,11,22H2,1H3,(H,23,27). The number of sulfone groups is 1. The number of aromatic nitrogens is 3. The molecule has 1 amide bonds. The number of carbonyl (C=O) groups is 1. The van der Waals surface area contributed by atoms with Gasteiger partial charge in [0.05, 0.1) is 17.3 Å². The minimum absolute atomic E-state index is 0.0598. The zero-order valence-corrected chi connectivity index (χ0v) is 18.4. The van der Waals surface area contributed by atoms with Crippen LogP contribution in [0.1, 0.15) is 6.92 Å². The van der Waals surface area contributed by atoms with Crippen molar-refractivity contribution in [1.29, 1.82) is 0 Å². The number of nitrogens with two attached hydrogens (primary N) is 1. The summed E-state index contributed by atoms with van der Waals surface area (Å²) in [5, 5.41) is 10.9. The molecule has 0 radical (unpaired) electrons. The first-order chi connectivity index (χ1) is 15.2. The number of halogens is 2. The molecule has 0 saturated carbocycles. The number of nitrogens with zero attached hydrogens (tertiary/aromatic N) is 3. The average Bonchev–Trinajstić information content (AvgIpc) is 3.13. The molecule has 0 aliphatic rings. The normalized spacial score (nSPS) is 11.5. The summed E-state index contributed by atoms with van der Waals surface area (Å²) >= 11 is 1.05. The van der Waals surface area contributed by atoms with Crippen LogP contribution in [-0.2, 0) is 14.6 Å². The van der Waals surface area contributed by atoms with Gasteiger partial charge in [-0.1, -0.05) is 11.8 Å². The summed E-state index contributed by atoms with van der Waals surface area (Å²) in [7, 11) is -4.69. The van der Waals surface area contributed by atoms with Gasteiger partial charge in [-0.3, -0.25) is 4.79 Å². The van der Waals surface area contributed by atoms with Crippen LogP contribution in [0.2, 0.25) is 0 Å². The van der Waals surface area contributed by atoms with E-state index in [1.807, 2.05) is 6.92 Å². The van der Waals surface area contributed by atoms with Crippen LogP contribution in [0, 0.1) is 0 Å². The summed E-state index contributed by atoms with van der Waals surface area (Å²) in [5.41, 5.74) is 0.978. The molecule has 3 N–H and O–H groups in total. The molecule has 0 atom stereocenters. The summed E-state index contributed by atoms with van der Waals surface area (Å²) < 4.78 is 54.7. The van der Waals surface area contributed by atoms with Crippen LogP contribution in [0.15, 0.2) is 58.6 Å². The zero-order valence-electron chi connectivity index (χ0n) is 16.7.